The minimum absolute atomic E-state index is 0.118. The van der Waals surface area contributed by atoms with E-state index in [0.29, 0.717) is 6.54 Å². The van der Waals surface area contributed by atoms with E-state index < -0.39 is 9.84 Å². The molecule has 0 bridgehead atoms. The molecule has 0 aliphatic carbocycles. The molecule has 0 aromatic heterocycles. The van der Waals surface area contributed by atoms with Gasteiger partial charge in [-0.2, -0.15) is 0 Å². The Kier molecular flexibility index (Phi) is 4.67. The number of nitrogens with one attached hydrogen (secondary N) is 1. The first kappa shape index (κ1) is 13.8. The van der Waals surface area contributed by atoms with Gasteiger partial charge in [-0.15, -0.1) is 0 Å². The molecule has 0 aromatic carbocycles. The van der Waals surface area contributed by atoms with Gasteiger partial charge >= 0.3 is 0 Å². The summed E-state index contributed by atoms with van der Waals surface area (Å²) >= 11 is 1.68. The summed E-state index contributed by atoms with van der Waals surface area (Å²) in [6, 6.07) is 0. The number of thioether (sulfide) groups is 1. The molecule has 16 heavy (non-hydrogen) atoms. The molecule has 0 saturated carbocycles. The first-order valence-electron chi connectivity index (χ1n) is 5.56. The van der Waals surface area contributed by atoms with Crippen molar-refractivity contribution >= 4 is 26.8 Å². The molecule has 0 aromatic rings. The smallest absolute Gasteiger partial charge is 0.157 e. The van der Waals surface area contributed by atoms with Crippen molar-refractivity contribution in [1.82, 2.24) is 5.32 Å². The zero-order valence-corrected chi connectivity index (χ0v) is 11.7. The van der Waals surface area contributed by atoms with Gasteiger partial charge in [0.15, 0.2) is 15.0 Å². The van der Waals surface area contributed by atoms with Gasteiger partial charge in [-0.3, -0.25) is 4.99 Å². The number of amidine groups is 1. The third-order valence-corrected chi connectivity index (χ3v) is 5.78. The molecular weight excluding hydrogens is 244 g/mol. The largest absolute Gasteiger partial charge is 0.359 e. The highest BCUT2D eigenvalue weighted by molar-refractivity contribution is 8.14. The number of aliphatic imine (C=N–C) groups is 1. The molecule has 1 aliphatic rings. The van der Waals surface area contributed by atoms with Gasteiger partial charge in [-0.1, -0.05) is 25.6 Å². The van der Waals surface area contributed by atoms with Crippen molar-refractivity contribution in [3.05, 3.63) is 0 Å². The quantitative estimate of drug-likeness (QED) is 0.813. The van der Waals surface area contributed by atoms with Crippen molar-refractivity contribution in [1.29, 1.82) is 0 Å². The summed E-state index contributed by atoms with van der Waals surface area (Å²) in [5, 5.41) is 4.22. The van der Waals surface area contributed by atoms with E-state index in [9.17, 15) is 8.42 Å². The van der Waals surface area contributed by atoms with Crippen LogP contribution in [0.5, 0.6) is 0 Å². The van der Waals surface area contributed by atoms with Crippen LogP contribution < -0.4 is 5.32 Å². The summed E-state index contributed by atoms with van der Waals surface area (Å²) in [4.78, 5) is 4.29. The van der Waals surface area contributed by atoms with Gasteiger partial charge in [0, 0.05) is 17.0 Å². The Bertz CT molecular complexity index is 365. The second kappa shape index (κ2) is 5.40. The van der Waals surface area contributed by atoms with Crippen molar-refractivity contribution in [2.75, 3.05) is 23.8 Å². The van der Waals surface area contributed by atoms with Crippen molar-refractivity contribution in [2.24, 2.45) is 4.99 Å². The van der Waals surface area contributed by atoms with Crippen LogP contribution in [0.15, 0.2) is 4.99 Å². The summed E-state index contributed by atoms with van der Waals surface area (Å²) in [6.45, 7) is 6.33. The van der Waals surface area contributed by atoms with Gasteiger partial charge in [-0.25, -0.2) is 8.42 Å². The summed E-state index contributed by atoms with van der Waals surface area (Å²) in [5.74, 6) is 1.35. The maximum atomic E-state index is 11.3. The lowest BCUT2D eigenvalue weighted by atomic mass is 10.0. The SMILES string of the molecule is CCC1(C)CSC(=NCCS(=O)(=O)CC)N1. The van der Waals surface area contributed by atoms with Gasteiger partial charge in [0.2, 0.25) is 0 Å². The molecule has 1 aliphatic heterocycles. The van der Waals surface area contributed by atoms with E-state index in [-0.39, 0.29) is 17.0 Å². The molecule has 1 saturated heterocycles. The number of hydrogen-bond acceptors (Lipinski definition) is 4. The second-order valence-corrected chi connectivity index (χ2v) is 7.69. The van der Waals surface area contributed by atoms with Crippen LogP contribution >= 0.6 is 11.8 Å². The molecule has 4 nitrogen and oxygen atoms in total. The monoisotopic (exact) mass is 264 g/mol. The van der Waals surface area contributed by atoms with Crippen molar-refractivity contribution in [2.45, 2.75) is 32.7 Å². The summed E-state index contributed by atoms with van der Waals surface area (Å²) in [5.41, 5.74) is 0.118. The fraction of sp³-hybridized carbons (Fsp3) is 0.900. The normalized spacial score (nSPS) is 28.3. The predicted molar refractivity (Wildman–Crippen MR) is 70.9 cm³/mol. The number of sulfone groups is 1. The fourth-order valence-electron chi connectivity index (χ4n) is 1.26. The van der Waals surface area contributed by atoms with Gasteiger partial charge in [0.05, 0.1) is 12.3 Å². The molecule has 1 unspecified atom stereocenters. The topological polar surface area (TPSA) is 58.5 Å². The predicted octanol–water partition coefficient (Wildman–Crippen LogP) is 1.28. The third kappa shape index (κ3) is 3.97. The Hall–Kier alpha value is -0.230. The Morgan fingerprint density at radius 3 is 2.69 bits per heavy atom. The summed E-state index contributed by atoms with van der Waals surface area (Å²) in [7, 11) is -2.89. The standard InChI is InChI=1S/C10H20N2O2S2/c1-4-10(3)8-15-9(12-10)11-6-7-16(13,14)5-2/h4-8H2,1-3H3,(H,11,12). The Morgan fingerprint density at radius 2 is 2.19 bits per heavy atom. The lowest BCUT2D eigenvalue weighted by Gasteiger charge is -2.20. The van der Waals surface area contributed by atoms with Crippen LogP contribution in [0.3, 0.4) is 0 Å². The summed E-state index contributed by atoms with van der Waals surface area (Å²) in [6.07, 6.45) is 1.05. The highest BCUT2D eigenvalue weighted by atomic mass is 32.2. The van der Waals surface area contributed by atoms with E-state index >= 15 is 0 Å². The number of nitrogens with zero attached hydrogens (tertiary/aromatic N) is 1. The Morgan fingerprint density at radius 1 is 1.50 bits per heavy atom. The van der Waals surface area contributed by atoms with Crippen molar-refractivity contribution in [3.63, 3.8) is 0 Å². The van der Waals surface area contributed by atoms with Crippen molar-refractivity contribution in [3.8, 4) is 0 Å². The third-order valence-electron chi connectivity index (χ3n) is 2.81. The highest BCUT2D eigenvalue weighted by Crippen LogP contribution is 2.25. The van der Waals surface area contributed by atoms with Crippen LogP contribution in [0.1, 0.15) is 27.2 Å². The molecule has 6 heteroatoms. The van der Waals surface area contributed by atoms with E-state index in [1.165, 1.54) is 0 Å². The number of hydrogen-bond donors (Lipinski definition) is 1. The maximum absolute atomic E-state index is 11.3. The zero-order valence-electron chi connectivity index (χ0n) is 10.1. The van der Waals surface area contributed by atoms with Crippen LogP contribution in [0.2, 0.25) is 0 Å². The minimum atomic E-state index is -2.89. The Balaban J connectivity index is 2.44. The van der Waals surface area contributed by atoms with Gasteiger partial charge in [0.1, 0.15) is 0 Å². The van der Waals surface area contributed by atoms with Gasteiger partial charge in [0.25, 0.3) is 0 Å². The first-order valence-corrected chi connectivity index (χ1v) is 8.37. The average molecular weight is 264 g/mol. The Labute approximate surface area is 102 Å². The lowest BCUT2D eigenvalue weighted by Crippen LogP contribution is -2.39. The van der Waals surface area contributed by atoms with Crippen LogP contribution in [0, 0.1) is 0 Å². The summed E-state index contributed by atoms with van der Waals surface area (Å²) < 4.78 is 22.5. The van der Waals surface area contributed by atoms with Crippen LogP contribution in [0.25, 0.3) is 0 Å². The lowest BCUT2D eigenvalue weighted by molar-refractivity contribution is 0.466. The molecule has 94 valence electrons. The molecule has 0 radical (unpaired) electrons. The van der Waals surface area contributed by atoms with Crippen molar-refractivity contribution < 1.29 is 8.42 Å². The van der Waals surface area contributed by atoms with E-state index in [1.807, 2.05) is 0 Å². The first-order chi connectivity index (χ1) is 7.41. The van der Waals surface area contributed by atoms with E-state index in [1.54, 1.807) is 18.7 Å². The number of rotatable bonds is 5. The van der Waals surface area contributed by atoms with E-state index in [4.69, 9.17) is 0 Å². The molecule has 0 spiro atoms. The average Bonchev–Trinajstić information content (AvgIpc) is 2.61. The molecular formula is C10H20N2O2S2. The second-order valence-electron chi connectivity index (χ2n) is 4.25. The minimum Gasteiger partial charge on any atom is -0.359 e. The molecule has 1 heterocycles. The zero-order chi connectivity index (χ0) is 12.2. The molecule has 1 N–H and O–H groups in total. The van der Waals surface area contributed by atoms with E-state index in [2.05, 4.69) is 24.2 Å². The maximum Gasteiger partial charge on any atom is 0.157 e. The molecule has 1 rings (SSSR count). The van der Waals surface area contributed by atoms with Crippen LogP contribution in [-0.2, 0) is 9.84 Å². The highest BCUT2D eigenvalue weighted by Gasteiger charge is 2.30. The molecule has 1 fully saturated rings. The molecule has 0 amide bonds. The fourth-order valence-corrected chi connectivity index (χ4v) is 3.16. The molecule has 1 atom stereocenters. The van der Waals surface area contributed by atoms with Crippen LogP contribution in [-0.4, -0.2) is 42.9 Å². The van der Waals surface area contributed by atoms with E-state index in [0.717, 1.165) is 17.3 Å². The van der Waals surface area contributed by atoms with Gasteiger partial charge in [-0.05, 0) is 13.3 Å². The van der Waals surface area contributed by atoms with Gasteiger partial charge < -0.3 is 5.32 Å². The van der Waals surface area contributed by atoms with Crippen LogP contribution in [0.4, 0.5) is 0 Å².